The molecule has 3 heterocycles. The van der Waals surface area contributed by atoms with Gasteiger partial charge in [0.1, 0.15) is 21.6 Å². The van der Waals surface area contributed by atoms with Gasteiger partial charge in [0.25, 0.3) is 10.0 Å². The van der Waals surface area contributed by atoms with Crippen molar-refractivity contribution in [1.29, 1.82) is 0 Å². The summed E-state index contributed by atoms with van der Waals surface area (Å²) in [5.41, 5.74) is 2.28. The molecule has 2 N–H and O–H groups in total. The van der Waals surface area contributed by atoms with Crippen molar-refractivity contribution in [3.8, 4) is 12.5 Å². The lowest BCUT2D eigenvalue weighted by Crippen LogP contribution is -2.18. The van der Waals surface area contributed by atoms with Gasteiger partial charge in [-0.2, -0.15) is 13.8 Å². The van der Waals surface area contributed by atoms with E-state index < -0.39 is 10.0 Å². The van der Waals surface area contributed by atoms with Gasteiger partial charge in [0.2, 0.25) is 5.28 Å². The molecule has 0 atom stereocenters. The van der Waals surface area contributed by atoms with Crippen LogP contribution in [0.2, 0.25) is 5.28 Å². The largest absolute Gasteiger partial charge is 0.310 e. The first-order valence-electron chi connectivity index (χ1n) is 7.16. The molecule has 0 radical (unpaired) electrons. The van der Waals surface area contributed by atoms with E-state index in [4.69, 9.17) is 18.0 Å². The second kappa shape index (κ2) is 6.27. The van der Waals surface area contributed by atoms with Crippen molar-refractivity contribution >= 4 is 61.4 Å². The molecule has 0 fully saturated rings. The number of aromatic nitrogens is 6. The predicted octanol–water partition coefficient (Wildman–Crippen LogP) is 2.31. The van der Waals surface area contributed by atoms with Gasteiger partial charge in [-0.15, -0.1) is 20.0 Å². The minimum absolute atomic E-state index is 0.0902. The Morgan fingerprint density at radius 2 is 2.07 bits per heavy atom. The van der Waals surface area contributed by atoms with Crippen molar-refractivity contribution in [2.45, 2.75) is 11.8 Å². The van der Waals surface area contributed by atoms with Crippen LogP contribution in [0.1, 0.15) is 5.69 Å². The third-order valence-electron chi connectivity index (χ3n) is 3.51. The maximum absolute atomic E-state index is 12.2. The lowest BCUT2D eigenvalue weighted by Gasteiger charge is -2.03. The predicted molar refractivity (Wildman–Crippen MR) is 97.8 cm³/mol. The number of rotatable bonds is 4. The summed E-state index contributed by atoms with van der Waals surface area (Å²) < 4.78 is 35.8. The quantitative estimate of drug-likeness (QED) is 0.294. The highest BCUT2D eigenvalue weighted by Gasteiger charge is 2.21. The number of nitrogens with one attached hydrogen (secondary N) is 2. The number of aromatic amines is 1. The zero-order chi connectivity index (χ0) is 19.2. The summed E-state index contributed by atoms with van der Waals surface area (Å²) in [7, 11) is -3.91. The number of fused-ring (bicyclic) bond motifs is 2. The second-order valence-electron chi connectivity index (χ2n) is 5.18. The number of azo groups is 1. The van der Waals surface area contributed by atoms with Crippen LogP contribution in [0.3, 0.4) is 0 Å². The first-order chi connectivity index (χ1) is 12.9. The van der Waals surface area contributed by atoms with E-state index >= 15 is 0 Å². The fourth-order valence-electron chi connectivity index (χ4n) is 2.38. The molecule has 0 spiro atoms. The Bertz CT molecular complexity index is 1360. The maximum Gasteiger partial charge on any atom is 0.270 e. The molecule has 4 aromatic rings. The number of aryl methyl sites for hydroxylation is 1. The van der Waals surface area contributed by atoms with E-state index in [-0.39, 0.29) is 21.2 Å². The smallest absolute Gasteiger partial charge is 0.270 e. The highest BCUT2D eigenvalue weighted by molar-refractivity contribution is 7.89. The Hall–Kier alpha value is -3.08. The van der Waals surface area contributed by atoms with Crippen molar-refractivity contribution in [3.05, 3.63) is 23.1 Å². The maximum atomic E-state index is 12.2. The van der Waals surface area contributed by atoms with Gasteiger partial charge in [-0.05, 0) is 30.7 Å². The molecule has 0 aliphatic carbocycles. The van der Waals surface area contributed by atoms with Crippen LogP contribution in [-0.2, 0) is 10.0 Å². The van der Waals surface area contributed by atoms with Crippen LogP contribution < -0.4 is 4.72 Å². The van der Waals surface area contributed by atoms with E-state index in [0.29, 0.717) is 22.7 Å². The molecule has 0 bridgehead atoms. The SMILES string of the molecule is C#CNS(=O)(=O)c1ccc(/N=N/c2c(C)nn3nc(Cl)[nH]c23)c2nsnc12. The topological polar surface area (TPSA) is 143 Å². The Morgan fingerprint density at radius 1 is 1.30 bits per heavy atom. The third-order valence-corrected chi connectivity index (χ3v) is 5.51. The summed E-state index contributed by atoms with van der Waals surface area (Å²) in [5.74, 6) is 0. The van der Waals surface area contributed by atoms with E-state index in [1.807, 2.05) is 10.8 Å². The normalized spacial score (nSPS) is 12.2. The fraction of sp³-hybridized carbons (Fsp3) is 0.0769. The monoisotopic (exact) mass is 421 g/mol. The van der Waals surface area contributed by atoms with Crippen LogP contribution in [0.25, 0.3) is 16.7 Å². The van der Waals surface area contributed by atoms with E-state index in [1.165, 1.54) is 16.8 Å². The number of benzene rings is 1. The highest BCUT2D eigenvalue weighted by Crippen LogP contribution is 2.32. The van der Waals surface area contributed by atoms with Crippen molar-refractivity contribution < 1.29 is 8.42 Å². The number of hydrogen-bond donors (Lipinski definition) is 2. The number of sulfonamides is 1. The van der Waals surface area contributed by atoms with Crippen LogP contribution in [0.15, 0.2) is 27.3 Å². The molecule has 0 saturated carbocycles. The molecule has 0 amide bonds. The molecule has 1 aromatic carbocycles. The molecule has 0 aliphatic heterocycles. The van der Waals surface area contributed by atoms with Gasteiger partial charge in [-0.1, -0.05) is 6.42 Å². The van der Waals surface area contributed by atoms with Crippen molar-refractivity contribution in [2.75, 3.05) is 0 Å². The number of H-pyrrole nitrogens is 1. The highest BCUT2D eigenvalue weighted by atomic mass is 35.5. The van der Waals surface area contributed by atoms with Gasteiger partial charge >= 0.3 is 0 Å². The van der Waals surface area contributed by atoms with Gasteiger partial charge < -0.3 is 4.98 Å². The molecule has 14 heteroatoms. The minimum atomic E-state index is -3.91. The number of nitrogens with zero attached hydrogens (tertiary/aromatic N) is 7. The van der Waals surface area contributed by atoms with Crippen molar-refractivity contribution in [2.24, 2.45) is 10.2 Å². The average molecular weight is 422 g/mol. The fourth-order valence-corrected chi connectivity index (χ4v) is 4.07. The van der Waals surface area contributed by atoms with Crippen LogP contribution in [0.4, 0.5) is 11.4 Å². The molecule has 0 unspecified atom stereocenters. The van der Waals surface area contributed by atoms with Gasteiger partial charge in [-0.3, -0.25) is 0 Å². The zero-order valence-corrected chi connectivity index (χ0v) is 15.8. The first kappa shape index (κ1) is 17.3. The van der Waals surface area contributed by atoms with Gasteiger partial charge in [0, 0.05) is 6.04 Å². The summed E-state index contributed by atoms with van der Waals surface area (Å²) in [4.78, 5) is 2.74. The average Bonchev–Trinajstić information content (AvgIpc) is 3.27. The Kier molecular flexibility index (Phi) is 4.02. The van der Waals surface area contributed by atoms with E-state index in [9.17, 15) is 8.42 Å². The van der Waals surface area contributed by atoms with Crippen molar-refractivity contribution in [3.63, 3.8) is 0 Å². The lowest BCUT2D eigenvalue weighted by molar-refractivity contribution is 0.592. The molecule has 136 valence electrons. The summed E-state index contributed by atoms with van der Waals surface area (Å²) >= 11 is 6.67. The van der Waals surface area contributed by atoms with Crippen LogP contribution in [0, 0.1) is 19.4 Å². The number of hydrogen-bond acceptors (Lipinski definition) is 9. The number of halogens is 1. The zero-order valence-electron chi connectivity index (χ0n) is 13.4. The molecule has 0 aliphatic rings. The van der Waals surface area contributed by atoms with E-state index in [2.05, 4.69) is 34.2 Å². The Morgan fingerprint density at radius 3 is 2.85 bits per heavy atom. The lowest BCUT2D eigenvalue weighted by atomic mass is 10.3. The molecule has 11 nitrogen and oxygen atoms in total. The van der Waals surface area contributed by atoms with Crippen LogP contribution >= 0.6 is 23.3 Å². The molecule has 3 aromatic heterocycles. The third kappa shape index (κ3) is 2.89. The minimum Gasteiger partial charge on any atom is -0.310 e. The van der Waals surface area contributed by atoms with E-state index in [1.54, 1.807) is 6.92 Å². The number of terminal acetylenes is 1. The molecule has 4 rings (SSSR count). The van der Waals surface area contributed by atoms with Crippen LogP contribution in [0.5, 0.6) is 0 Å². The molecular weight excluding hydrogens is 414 g/mol. The summed E-state index contributed by atoms with van der Waals surface area (Å²) in [6.45, 7) is 1.74. The molecule has 0 saturated heterocycles. The van der Waals surface area contributed by atoms with E-state index in [0.717, 1.165) is 11.7 Å². The first-order valence-corrected chi connectivity index (χ1v) is 9.75. The Labute approximate surface area is 160 Å². The Balaban J connectivity index is 1.81. The second-order valence-corrected chi connectivity index (χ2v) is 7.72. The summed E-state index contributed by atoms with van der Waals surface area (Å²) in [6, 6.07) is 4.70. The van der Waals surface area contributed by atoms with Gasteiger partial charge in [0.05, 0.1) is 17.4 Å². The summed E-state index contributed by atoms with van der Waals surface area (Å²) in [6.07, 6.45) is 5.03. The van der Waals surface area contributed by atoms with Crippen molar-refractivity contribution in [1.82, 2.24) is 33.3 Å². The van der Waals surface area contributed by atoms with Gasteiger partial charge in [-0.25, -0.2) is 13.1 Å². The standard InChI is InChI=1S/C13H8ClN9O2S2/c1-3-15-27(24,25)8-5-4-7(10-11(8)22-26-21-10)17-18-9-6(2)19-23-12(9)16-13(14)20-23/h1,4-5,15H,2H3,(H,16,20)/b18-17+. The van der Waals surface area contributed by atoms with Crippen LogP contribution in [-0.4, -0.2) is 37.0 Å². The summed E-state index contributed by atoms with van der Waals surface area (Å²) in [5, 5.41) is 16.6. The van der Waals surface area contributed by atoms with Gasteiger partial charge in [0.15, 0.2) is 11.3 Å². The molecular formula is C13H8ClN9O2S2. The molecule has 27 heavy (non-hydrogen) atoms.